The van der Waals surface area contributed by atoms with Crippen molar-refractivity contribution < 1.29 is 22.4 Å². The van der Waals surface area contributed by atoms with Crippen LogP contribution in [-0.2, 0) is 26.0 Å². The summed E-state index contributed by atoms with van der Waals surface area (Å²) in [6.07, 6.45) is 0.246. The highest BCUT2D eigenvalue weighted by molar-refractivity contribution is 7.91. The molecule has 3 rings (SSSR count). The summed E-state index contributed by atoms with van der Waals surface area (Å²) in [6, 6.07) is 11.8. The topological polar surface area (TPSA) is 95.9 Å². The minimum Gasteiger partial charge on any atom is -0.320 e. The summed E-state index contributed by atoms with van der Waals surface area (Å²) in [4.78, 5) is 24.8. The summed E-state index contributed by atoms with van der Waals surface area (Å²) >= 11 is 0. The van der Waals surface area contributed by atoms with Crippen molar-refractivity contribution in [2.24, 2.45) is 5.10 Å². The minimum absolute atomic E-state index is 0.0338. The van der Waals surface area contributed by atoms with Gasteiger partial charge in [0.2, 0.25) is 5.91 Å². The lowest BCUT2D eigenvalue weighted by Gasteiger charge is -2.23. The molecule has 2 amide bonds. The summed E-state index contributed by atoms with van der Waals surface area (Å²) in [6.45, 7) is 1.63. The average Bonchev–Trinajstić information content (AvgIpc) is 2.71. The third-order valence-electron chi connectivity index (χ3n) is 4.46. The number of nitrogens with one attached hydrogen (secondary N) is 1. The molecule has 0 saturated carbocycles. The van der Waals surface area contributed by atoms with E-state index in [1.165, 1.54) is 36.2 Å². The van der Waals surface area contributed by atoms with Gasteiger partial charge in [-0.15, -0.1) is 0 Å². The van der Waals surface area contributed by atoms with E-state index in [4.69, 9.17) is 0 Å². The summed E-state index contributed by atoms with van der Waals surface area (Å²) < 4.78 is 37.5. The first kappa shape index (κ1) is 20.7. The number of anilines is 1. The summed E-state index contributed by atoms with van der Waals surface area (Å²) in [5.74, 6) is -1.30. The Kier molecular flexibility index (Phi) is 6.07. The van der Waals surface area contributed by atoms with Gasteiger partial charge in [0, 0.05) is 12.8 Å². The van der Waals surface area contributed by atoms with Crippen LogP contribution in [0.2, 0.25) is 0 Å². The Bertz CT molecular complexity index is 1070. The highest BCUT2D eigenvalue weighted by Gasteiger charge is 2.26. The molecule has 0 aromatic heterocycles. The fraction of sp³-hybridized carbons (Fsp3) is 0.250. The highest BCUT2D eigenvalue weighted by atomic mass is 32.2. The maximum atomic E-state index is 13.1. The van der Waals surface area contributed by atoms with Gasteiger partial charge in [0.15, 0.2) is 9.84 Å². The number of sulfone groups is 1. The zero-order valence-corrected chi connectivity index (χ0v) is 16.6. The van der Waals surface area contributed by atoms with Crippen LogP contribution in [0.1, 0.15) is 25.3 Å². The molecule has 29 heavy (non-hydrogen) atoms. The quantitative estimate of drug-likeness (QED) is 0.782. The van der Waals surface area contributed by atoms with Crippen LogP contribution in [0.5, 0.6) is 0 Å². The van der Waals surface area contributed by atoms with E-state index >= 15 is 0 Å². The Morgan fingerprint density at radius 2 is 1.83 bits per heavy atom. The first-order chi connectivity index (χ1) is 13.8. The van der Waals surface area contributed by atoms with Crippen LogP contribution in [0.3, 0.4) is 0 Å². The molecule has 2 aromatic carbocycles. The second-order valence-corrected chi connectivity index (χ2v) is 8.72. The number of nitrogens with zero attached hydrogens (tertiary/aromatic N) is 2. The van der Waals surface area contributed by atoms with Crippen LogP contribution in [0.25, 0.3) is 0 Å². The molecule has 152 valence electrons. The van der Waals surface area contributed by atoms with E-state index < -0.39 is 15.7 Å². The van der Waals surface area contributed by atoms with Crippen molar-refractivity contribution in [3.05, 3.63) is 59.9 Å². The fourth-order valence-electron chi connectivity index (χ4n) is 2.84. The van der Waals surface area contributed by atoms with E-state index in [1.807, 2.05) is 0 Å². The Morgan fingerprint density at radius 1 is 1.14 bits per heavy atom. The normalized spacial score (nSPS) is 14.5. The van der Waals surface area contributed by atoms with E-state index in [1.54, 1.807) is 24.3 Å². The van der Waals surface area contributed by atoms with Crippen LogP contribution in [0, 0.1) is 5.82 Å². The molecular weight excluding hydrogens is 397 g/mol. The molecule has 1 aliphatic rings. The van der Waals surface area contributed by atoms with E-state index in [-0.39, 0.29) is 53.2 Å². The van der Waals surface area contributed by atoms with Crippen LogP contribution in [0.15, 0.2) is 58.5 Å². The summed E-state index contributed by atoms with van der Waals surface area (Å²) in [5, 5.41) is 7.89. The van der Waals surface area contributed by atoms with Gasteiger partial charge in [0.25, 0.3) is 5.91 Å². The van der Waals surface area contributed by atoms with E-state index in [0.717, 1.165) is 0 Å². The van der Waals surface area contributed by atoms with Crippen LogP contribution < -0.4 is 5.32 Å². The largest absolute Gasteiger partial charge is 0.320 e. The molecule has 2 aromatic rings. The number of para-hydroxylation sites is 1. The number of amides is 2. The number of rotatable bonds is 6. The smallest absolute Gasteiger partial charge is 0.271 e. The Balaban J connectivity index is 1.80. The lowest BCUT2D eigenvalue weighted by atomic mass is 10.1. The van der Waals surface area contributed by atoms with Crippen LogP contribution >= 0.6 is 0 Å². The Hall–Kier alpha value is -3.07. The van der Waals surface area contributed by atoms with Gasteiger partial charge >= 0.3 is 0 Å². The van der Waals surface area contributed by atoms with Crippen molar-refractivity contribution in [3.63, 3.8) is 0 Å². The number of hydrogen-bond donors (Lipinski definition) is 1. The molecule has 1 aliphatic heterocycles. The van der Waals surface area contributed by atoms with Gasteiger partial charge in [-0.25, -0.2) is 17.8 Å². The van der Waals surface area contributed by atoms with Gasteiger partial charge in [-0.2, -0.15) is 5.10 Å². The van der Waals surface area contributed by atoms with Crippen molar-refractivity contribution in [1.82, 2.24) is 5.01 Å². The van der Waals surface area contributed by atoms with Crippen molar-refractivity contribution in [1.29, 1.82) is 0 Å². The molecule has 0 radical (unpaired) electrons. The van der Waals surface area contributed by atoms with E-state index in [2.05, 4.69) is 10.4 Å². The predicted octanol–water partition coefficient (Wildman–Crippen LogP) is 2.74. The molecule has 9 heteroatoms. The summed E-state index contributed by atoms with van der Waals surface area (Å²) in [7, 11) is -3.52. The van der Waals surface area contributed by atoms with Gasteiger partial charge < -0.3 is 5.32 Å². The molecule has 0 spiro atoms. The maximum absolute atomic E-state index is 13.1. The van der Waals surface area contributed by atoms with Crippen LogP contribution in [-0.4, -0.2) is 36.7 Å². The molecule has 1 N–H and O–H groups in total. The monoisotopic (exact) mass is 417 g/mol. The van der Waals surface area contributed by atoms with Crippen molar-refractivity contribution in [2.45, 2.75) is 31.2 Å². The zero-order chi connectivity index (χ0) is 21.0. The molecule has 0 aliphatic carbocycles. The number of carbonyl (C=O) groups excluding carboxylic acids is 2. The van der Waals surface area contributed by atoms with Gasteiger partial charge in [0.05, 0.1) is 22.9 Å². The lowest BCUT2D eigenvalue weighted by Crippen LogP contribution is -2.36. The standard InChI is InChI=1S/C20H20FN3O4S/c1-2-29(27,28)18-6-4-3-5-16(18)22-20(26)17-11-12-19(25)24(23-17)13-14-7-9-15(21)10-8-14/h3-10H,2,11-13H2,1H3,(H,22,26). The lowest BCUT2D eigenvalue weighted by molar-refractivity contribution is -0.132. The Labute approximate surface area is 168 Å². The van der Waals surface area contributed by atoms with E-state index in [0.29, 0.717) is 5.56 Å². The maximum Gasteiger partial charge on any atom is 0.271 e. The first-order valence-electron chi connectivity index (χ1n) is 9.05. The number of carbonyl (C=O) groups is 2. The predicted molar refractivity (Wildman–Crippen MR) is 106 cm³/mol. The van der Waals surface area contributed by atoms with Gasteiger partial charge in [-0.05, 0) is 29.8 Å². The third kappa shape index (κ3) is 4.86. The fourth-order valence-corrected chi connectivity index (χ4v) is 3.89. The molecule has 0 bridgehead atoms. The van der Waals surface area contributed by atoms with Crippen molar-refractivity contribution in [3.8, 4) is 0 Å². The molecule has 0 atom stereocenters. The minimum atomic E-state index is -3.52. The van der Waals surface area contributed by atoms with E-state index in [9.17, 15) is 22.4 Å². The summed E-state index contributed by atoms with van der Waals surface area (Å²) in [5.41, 5.74) is 0.962. The van der Waals surface area contributed by atoms with Crippen LogP contribution in [0.4, 0.5) is 10.1 Å². The average molecular weight is 417 g/mol. The molecule has 1 heterocycles. The molecule has 0 fully saturated rings. The number of hydrazone groups is 1. The van der Waals surface area contributed by atoms with Gasteiger partial charge in [-0.3, -0.25) is 9.59 Å². The van der Waals surface area contributed by atoms with Crippen molar-refractivity contribution in [2.75, 3.05) is 11.1 Å². The molecule has 0 saturated heterocycles. The first-order valence-corrected chi connectivity index (χ1v) is 10.7. The highest BCUT2D eigenvalue weighted by Crippen LogP contribution is 2.23. The third-order valence-corrected chi connectivity index (χ3v) is 6.25. The molecule has 7 nitrogen and oxygen atoms in total. The number of benzene rings is 2. The van der Waals surface area contributed by atoms with Gasteiger partial charge in [0.1, 0.15) is 11.5 Å². The second kappa shape index (κ2) is 8.52. The number of hydrogen-bond acceptors (Lipinski definition) is 5. The number of halogens is 1. The van der Waals surface area contributed by atoms with Gasteiger partial charge in [-0.1, -0.05) is 31.2 Å². The second-order valence-electron chi connectivity index (χ2n) is 6.48. The zero-order valence-electron chi connectivity index (χ0n) is 15.8. The Morgan fingerprint density at radius 3 is 2.52 bits per heavy atom. The van der Waals surface area contributed by atoms with Crippen molar-refractivity contribution >= 4 is 33.1 Å². The SMILES string of the molecule is CCS(=O)(=O)c1ccccc1NC(=O)C1=NN(Cc2ccc(F)cc2)C(=O)CC1. The molecular formula is C20H20FN3O4S. The molecule has 0 unspecified atom stereocenters.